The zero-order valence-corrected chi connectivity index (χ0v) is 13.8. The van der Waals surface area contributed by atoms with Crippen LogP contribution >= 0.6 is 0 Å². The first-order valence-corrected chi connectivity index (χ1v) is 8.47. The number of fused-ring (bicyclic) bond motifs is 1. The zero-order chi connectivity index (χ0) is 16.6. The molecule has 2 aliphatic rings. The molecule has 1 fully saturated rings. The van der Waals surface area contributed by atoms with Crippen molar-refractivity contribution in [2.24, 2.45) is 5.41 Å². The van der Waals surface area contributed by atoms with Crippen molar-refractivity contribution in [1.29, 1.82) is 0 Å². The van der Waals surface area contributed by atoms with Crippen molar-refractivity contribution < 1.29 is 14.3 Å². The van der Waals surface area contributed by atoms with Crippen LogP contribution in [0.5, 0.6) is 11.5 Å². The third kappa shape index (κ3) is 2.96. The van der Waals surface area contributed by atoms with Crippen LogP contribution in [0.25, 0.3) is 0 Å². The topological polar surface area (TPSA) is 47.6 Å². The van der Waals surface area contributed by atoms with Crippen LogP contribution in [0.2, 0.25) is 0 Å². The van der Waals surface area contributed by atoms with Gasteiger partial charge in [-0.1, -0.05) is 19.1 Å². The Morgan fingerprint density at radius 3 is 2.42 bits per heavy atom. The van der Waals surface area contributed by atoms with E-state index in [0.29, 0.717) is 24.5 Å². The molecule has 0 bridgehead atoms. The van der Waals surface area contributed by atoms with Gasteiger partial charge in [0.25, 0.3) is 5.91 Å². The number of hydrogen-bond acceptors (Lipinski definition) is 3. The van der Waals surface area contributed by atoms with E-state index < -0.39 is 0 Å². The average Bonchev–Trinajstić information content (AvgIpc) is 3.42. The van der Waals surface area contributed by atoms with Crippen LogP contribution in [0.15, 0.2) is 42.5 Å². The van der Waals surface area contributed by atoms with Gasteiger partial charge in [-0.2, -0.15) is 0 Å². The van der Waals surface area contributed by atoms with Gasteiger partial charge in [0.15, 0.2) is 11.5 Å². The molecule has 1 aliphatic carbocycles. The number of ether oxygens (including phenoxy) is 2. The minimum absolute atomic E-state index is 0.143. The molecule has 0 saturated heterocycles. The molecule has 4 heteroatoms. The summed E-state index contributed by atoms with van der Waals surface area (Å²) in [6.07, 6.45) is 3.29. The summed E-state index contributed by atoms with van der Waals surface area (Å²) in [4.78, 5) is 12.5. The van der Waals surface area contributed by atoms with E-state index in [4.69, 9.17) is 9.47 Å². The molecule has 2 aromatic rings. The first-order chi connectivity index (χ1) is 11.7. The molecule has 24 heavy (non-hydrogen) atoms. The fourth-order valence-corrected chi connectivity index (χ4v) is 2.88. The lowest BCUT2D eigenvalue weighted by atomic mass is 10.1. The Kier molecular flexibility index (Phi) is 3.68. The fraction of sp³-hybridized carbons (Fsp3) is 0.350. The van der Waals surface area contributed by atoms with Gasteiger partial charge < -0.3 is 14.8 Å². The largest absolute Gasteiger partial charge is 0.489 e. The van der Waals surface area contributed by atoms with E-state index in [-0.39, 0.29) is 11.3 Å². The van der Waals surface area contributed by atoms with Crippen molar-refractivity contribution in [2.75, 3.05) is 18.5 Å². The van der Waals surface area contributed by atoms with E-state index in [2.05, 4.69) is 12.2 Å². The molecule has 0 unspecified atom stereocenters. The second-order valence-corrected chi connectivity index (χ2v) is 6.74. The molecule has 1 N–H and O–H groups in total. The van der Waals surface area contributed by atoms with E-state index in [0.717, 1.165) is 30.7 Å². The highest BCUT2D eigenvalue weighted by molar-refractivity contribution is 6.04. The summed E-state index contributed by atoms with van der Waals surface area (Å²) in [5.74, 6) is 1.24. The van der Waals surface area contributed by atoms with Crippen LogP contribution in [0.3, 0.4) is 0 Å². The summed E-state index contributed by atoms with van der Waals surface area (Å²) in [7, 11) is 0. The predicted molar refractivity (Wildman–Crippen MR) is 92.9 cm³/mol. The van der Waals surface area contributed by atoms with Gasteiger partial charge >= 0.3 is 0 Å². The lowest BCUT2D eigenvalue weighted by molar-refractivity contribution is 0.102. The fourth-order valence-electron chi connectivity index (χ4n) is 2.88. The van der Waals surface area contributed by atoms with E-state index >= 15 is 0 Å². The first kappa shape index (κ1) is 15.1. The van der Waals surface area contributed by atoms with Gasteiger partial charge in [0.1, 0.15) is 0 Å². The van der Waals surface area contributed by atoms with Crippen LogP contribution in [0.1, 0.15) is 35.7 Å². The number of hydrogen-bond donors (Lipinski definition) is 1. The molecule has 2 aromatic carbocycles. The third-order valence-corrected chi connectivity index (χ3v) is 4.85. The number of benzene rings is 2. The van der Waals surface area contributed by atoms with Crippen LogP contribution < -0.4 is 14.8 Å². The number of carbonyl (C=O) groups is 1. The molecule has 1 amide bonds. The normalized spacial score (nSPS) is 17.2. The highest BCUT2D eigenvalue weighted by Gasteiger charge is 2.46. The van der Waals surface area contributed by atoms with Gasteiger partial charge in [0, 0.05) is 16.7 Å². The number of aryl methyl sites for hydroxylation is 1. The number of nitrogens with one attached hydrogen (secondary N) is 1. The van der Waals surface area contributed by atoms with Gasteiger partial charge in [-0.3, -0.25) is 4.79 Å². The summed E-state index contributed by atoms with van der Waals surface area (Å²) in [5, 5.41) is 2.93. The van der Waals surface area contributed by atoms with Crippen LogP contribution in [-0.2, 0) is 6.42 Å². The monoisotopic (exact) mass is 323 g/mol. The molecule has 4 rings (SSSR count). The Bertz CT molecular complexity index is 763. The lowest BCUT2D eigenvalue weighted by Crippen LogP contribution is -2.17. The lowest BCUT2D eigenvalue weighted by Gasteiger charge is -2.10. The maximum atomic E-state index is 12.5. The minimum Gasteiger partial charge on any atom is -0.489 e. The second-order valence-electron chi connectivity index (χ2n) is 6.74. The number of carbonyl (C=O) groups excluding carboxylic acids is 1. The van der Waals surface area contributed by atoms with E-state index in [1.54, 1.807) is 12.1 Å². The Morgan fingerprint density at radius 2 is 1.75 bits per heavy atom. The van der Waals surface area contributed by atoms with Gasteiger partial charge in [0.05, 0.1) is 13.2 Å². The molecule has 0 aromatic heterocycles. The van der Waals surface area contributed by atoms with Crippen LogP contribution in [0, 0.1) is 5.41 Å². The van der Waals surface area contributed by atoms with Crippen LogP contribution in [0.4, 0.5) is 5.69 Å². The third-order valence-electron chi connectivity index (χ3n) is 4.85. The molecule has 1 aliphatic heterocycles. The molecule has 0 atom stereocenters. The van der Waals surface area contributed by atoms with E-state index in [1.807, 2.05) is 30.3 Å². The maximum absolute atomic E-state index is 12.5. The molecule has 0 radical (unpaired) electrons. The van der Waals surface area contributed by atoms with E-state index in [9.17, 15) is 4.79 Å². The zero-order valence-electron chi connectivity index (χ0n) is 13.8. The molecule has 124 valence electrons. The highest BCUT2D eigenvalue weighted by atomic mass is 16.5. The summed E-state index contributed by atoms with van der Waals surface area (Å²) in [6, 6.07) is 13.3. The second kappa shape index (κ2) is 5.86. The van der Waals surface area contributed by atoms with Crippen molar-refractivity contribution in [3.8, 4) is 11.5 Å². The van der Waals surface area contributed by atoms with Crippen molar-refractivity contribution >= 4 is 11.6 Å². The molecule has 1 spiro atoms. The quantitative estimate of drug-likeness (QED) is 0.927. The Balaban J connectivity index is 1.49. The standard InChI is InChI=1S/C20H21NO3/c1-2-14-3-6-16(7-4-14)21-19(22)15-5-8-17-18(11-15)24-13-20(9-10-20)12-23-17/h3-8,11H,2,9-10,12-13H2,1H3,(H,21,22). The average molecular weight is 323 g/mol. The Morgan fingerprint density at radius 1 is 1.04 bits per heavy atom. The number of anilines is 1. The minimum atomic E-state index is -0.143. The molecular formula is C20H21NO3. The van der Waals surface area contributed by atoms with Gasteiger partial charge in [0.2, 0.25) is 0 Å². The number of rotatable bonds is 3. The van der Waals surface area contributed by atoms with Crippen molar-refractivity contribution in [3.63, 3.8) is 0 Å². The summed E-state index contributed by atoms with van der Waals surface area (Å²) >= 11 is 0. The predicted octanol–water partition coefficient (Wildman–Crippen LogP) is 4.05. The maximum Gasteiger partial charge on any atom is 0.255 e. The van der Waals surface area contributed by atoms with Gasteiger partial charge in [-0.05, 0) is 55.2 Å². The Hall–Kier alpha value is -2.49. The Labute approximate surface area is 141 Å². The van der Waals surface area contributed by atoms with E-state index in [1.165, 1.54) is 5.56 Å². The van der Waals surface area contributed by atoms with Gasteiger partial charge in [-0.15, -0.1) is 0 Å². The SMILES string of the molecule is CCc1ccc(NC(=O)c2ccc3c(c2)OCC2(CC2)CO3)cc1. The summed E-state index contributed by atoms with van der Waals surface area (Å²) < 4.78 is 11.7. The highest BCUT2D eigenvalue weighted by Crippen LogP contribution is 2.49. The van der Waals surface area contributed by atoms with Crippen LogP contribution in [-0.4, -0.2) is 19.1 Å². The van der Waals surface area contributed by atoms with Crippen molar-refractivity contribution in [2.45, 2.75) is 26.2 Å². The molecule has 1 heterocycles. The first-order valence-electron chi connectivity index (χ1n) is 8.47. The molecule has 4 nitrogen and oxygen atoms in total. The number of amides is 1. The van der Waals surface area contributed by atoms with Crippen molar-refractivity contribution in [1.82, 2.24) is 0 Å². The summed E-state index contributed by atoms with van der Waals surface area (Å²) in [5.41, 5.74) is 2.81. The van der Waals surface area contributed by atoms with Gasteiger partial charge in [-0.25, -0.2) is 0 Å². The molecule has 1 saturated carbocycles. The molecular weight excluding hydrogens is 302 g/mol. The smallest absolute Gasteiger partial charge is 0.255 e. The van der Waals surface area contributed by atoms with Crippen molar-refractivity contribution in [3.05, 3.63) is 53.6 Å². The summed E-state index contributed by atoms with van der Waals surface area (Å²) in [6.45, 7) is 3.48.